The maximum Gasteiger partial charge on any atom is 0.326 e. The number of halogens is 1. The summed E-state index contributed by atoms with van der Waals surface area (Å²) in [6, 6.07) is 7.28. The maximum atomic E-state index is 11.7. The van der Waals surface area contributed by atoms with E-state index in [2.05, 4.69) is 10.3 Å². The number of imidazole rings is 1. The molecule has 1 aromatic carbocycles. The number of aromatic amines is 1. The first-order valence-electron chi connectivity index (χ1n) is 5.86. The number of carbonyl (C=O) groups is 1. The van der Waals surface area contributed by atoms with E-state index in [1.165, 1.54) is 4.57 Å². The number of nitrogens with two attached hydrogens (primary N) is 1. The Balaban J connectivity index is 0.00000180. The third kappa shape index (κ3) is 3.59. The highest BCUT2D eigenvalue weighted by atomic mass is 35.5. The summed E-state index contributed by atoms with van der Waals surface area (Å²) in [6.07, 6.45) is 0.731. The minimum absolute atomic E-state index is 0. The van der Waals surface area contributed by atoms with Gasteiger partial charge in [-0.3, -0.25) is 9.36 Å². The molecule has 0 aliphatic heterocycles. The molecule has 19 heavy (non-hydrogen) atoms. The number of hydrogen-bond acceptors (Lipinski definition) is 3. The normalized spacial score (nSPS) is 10.2. The van der Waals surface area contributed by atoms with Crippen LogP contribution in [0.25, 0.3) is 11.0 Å². The van der Waals surface area contributed by atoms with Crippen LogP contribution in [-0.2, 0) is 11.3 Å². The lowest BCUT2D eigenvalue weighted by atomic mass is 10.3. The Morgan fingerprint density at radius 1 is 1.37 bits per heavy atom. The van der Waals surface area contributed by atoms with Crippen molar-refractivity contribution in [1.82, 2.24) is 14.9 Å². The highest BCUT2D eigenvalue weighted by molar-refractivity contribution is 5.85. The number of rotatable bonds is 5. The molecule has 0 bridgehead atoms. The summed E-state index contributed by atoms with van der Waals surface area (Å²) in [7, 11) is 0. The second-order valence-corrected chi connectivity index (χ2v) is 4.03. The lowest BCUT2D eigenvalue weighted by Crippen LogP contribution is -2.32. The lowest BCUT2D eigenvalue weighted by molar-refractivity contribution is -0.121. The lowest BCUT2D eigenvalue weighted by Gasteiger charge is -2.05. The Hall–Kier alpha value is -1.79. The van der Waals surface area contributed by atoms with Crippen LogP contribution >= 0.6 is 12.4 Å². The molecule has 0 aliphatic rings. The van der Waals surface area contributed by atoms with Gasteiger partial charge in [-0.1, -0.05) is 12.1 Å². The van der Waals surface area contributed by atoms with Crippen LogP contribution in [0.3, 0.4) is 0 Å². The largest absolute Gasteiger partial charge is 0.354 e. The van der Waals surface area contributed by atoms with Gasteiger partial charge in [0.1, 0.15) is 6.54 Å². The first-order valence-corrected chi connectivity index (χ1v) is 5.86. The van der Waals surface area contributed by atoms with Crippen LogP contribution in [0.1, 0.15) is 6.42 Å². The molecule has 4 N–H and O–H groups in total. The third-order valence-corrected chi connectivity index (χ3v) is 2.69. The highest BCUT2D eigenvalue weighted by Gasteiger charge is 2.09. The monoisotopic (exact) mass is 284 g/mol. The molecular weight excluding hydrogens is 268 g/mol. The maximum absolute atomic E-state index is 11.7. The van der Waals surface area contributed by atoms with E-state index in [1.807, 2.05) is 12.1 Å². The number of para-hydroxylation sites is 2. The second kappa shape index (κ2) is 6.96. The number of H-pyrrole nitrogens is 1. The van der Waals surface area contributed by atoms with Crippen LogP contribution in [0.15, 0.2) is 29.1 Å². The van der Waals surface area contributed by atoms with Crippen molar-refractivity contribution in [2.24, 2.45) is 5.73 Å². The van der Waals surface area contributed by atoms with Crippen LogP contribution in [0, 0.1) is 0 Å². The molecule has 1 heterocycles. The molecule has 104 valence electrons. The van der Waals surface area contributed by atoms with Gasteiger partial charge in [-0.2, -0.15) is 0 Å². The fourth-order valence-electron chi connectivity index (χ4n) is 1.79. The van der Waals surface area contributed by atoms with Gasteiger partial charge in [-0.05, 0) is 25.1 Å². The van der Waals surface area contributed by atoms with E-state index in [9.17, 15) is 9.59 Å². The van der Waals surface area contributed by atoms with Crippen molar-refractivity contribution in [2.45, 2.75) is 13.0 Å². The van der Waals surface area contributed by atoms with E-state index in [-0.39, 0.29) is 30.5 Å². The van der Waals surface area contributed by atoms with Crippen molar-refractivity contribution in [3.63, 3.8) is 0 Å². The molecule has 0 aliphatic carbocycles. The second-order valence-electron chi connectivity index (χ2n) is 4.03. The fourth-order valence-corrected chi connectivity index (χ4v) is 1.79. The van der Waals surface area contributed by atoms with Crippen molar-refractivity contribution in [2.75, 3.05) is 13.1 Å². The number of hydrogen-bond donors (Lipinski definition) is 3. The molecule has 2 rings (SSSR count). The Morgan fingerprint density at radius 3 is 2.84 bits per heavy atom. The first kappa shape index (κ1) is 15.3. The van der Waals surface area contributed by atoms with Crippen molar-refractivity contribution < 1.29 is 4.79 Å². The summed E-state index contributed by atoms with van der Waals surface area (Å²) < 4.78 is 1.42. The Morgan fingerprint density at radius 2 is 2.11 bits per heavy atom. The van der Waals surface area contributed by atoms with Crippen LogP contribution in [-0.4, -0.2) is 28.5 Å². The van der Waals surface area contributed by atoms with Crippen molar-refractivity contribution in [1.29, 1.82) is 0 Å². The van der Waals surface area contributed by atoms with Gasteiger partial charge in [0.2, 0.25) is 5.91 Å². The molecule has 6 nitrogen and oxygen atoms in total. The highest BCUT2D eigenvalue weighted by Crippen LogP contribution is 2.08. The van der Waals surface area contributed by atoms with Crippen LogP contribution < -0.4 is 16.7 Å². The molecule has 2 aromatic rings. The van der Waals surface area contributed by atoms with Crippen molar-refractivity contribution in [3.8, 4) is 0 Å². The Kier molecular flexibility index (Phi) is 5.59. The zero-order valence-corrected chi connectivity index (χ0v) is 11.2. The zero-order valence-electron chi connectivity index (χ0n) is 10.4. The molecule has 0 saturated heterocycles. The molecule has 0 fully saturated rings. The molecule has 0 radical (unpaired) electrons. The van der Waals surface area contributed by atoms with Gasteiger partial charge in [-0.15, -0.1) is 12.4 Å². The number of aromatic nitrogens is 2. The SMILES string of the molecule is Cl.NCCCNC(=O)Cn1c(=O)[nH]c2ccccc21. The average molecular weight is 285 g/mol. The number of nitrogens with one attached hydrogen (secondary N) is 2. The minimum atomic E-state index is -0.273. The van der Waals surface area contributed by atoms with Gasteiger partial charge in [0, 0.05) is 6.54 Å². The van der Waals surface area contributed by atoms with Gasteiger partial charge in [0.05, 0.1) is 11.0 Å². The molecule has 1 amide bonds. The summed E-state index contributed by atoms with van der Waals surface area (Å²) >= 11 is 0. The van der Waals surface area contributed by atoms with Gasteiger partial charge in [0.25, 0.3) is 0 Å². The quantitative estimate of drug-likeness (QED) is 0.686. The van der Waals surface area contributed by atoms with Crippen LogP contribution in [0.5, 0.6) is 0 Å². The molecule has 0 saturated carbocycles. The Bertz CT molecular complexity index is 605. The summed E-state index contributed by atoms with van der Waals surface area (Å²) in [6.45, 7) is 1.09. The van der Waals surface area contributed by atoms with E-state index in [1.54, 1.807) is 12.1 Å². The molecule has 0 spiro atoms. The summed E-state index contributed by atoms with van der Waals surface area (Å²) in [5.41, 5.74) is 6.53. The fraction of sp³-hybridized carbons (Fsp3) is 0.333. The molecule has 0 atom stereocenters. The molecule has 1 aromatic heterocycles. The molecule has 7 heteroatoms. The molecular formula is C12H17ClN4O2. The van der Waals surface area contributed by atoms with Crippen LogP contribution in [0.4, 0.5) is 0 Å². The Labute approximate surface area is 116 Å². The van der Waals surface area contributed by atoms with E-state index in [0.29, 0.717) is 13.1 Å². The number of amides is 1. The van der Waals surface area contributed by atoms with Crippen LogP contribution in [0.2, 0.25) is 0 Å². The van der Waals surface area contributed by atoms with Gasteiger partial charge >= 0.3 is 5.69 Å². The average Bonchev–Trinajstić information content (AvgIpc) is 2.67. The van der Waals surface area contributed by atoms with E-state index < -0.39 is 0 Å². The van der Waals surface area contributed by atoms with E-state index in [4.69, 9.17) is 5.73 Å². The number of benzene rings is 1. The predicted molar refractivity (Wildman–Crippen MR) is 76.5 cm³/mol. The van der Waals surface area contributed by atoms with Gasteiger partial charge < -0.3 is 16.0 Å². The molecule has 0 unspecified atom stereocenters. The first-order chi connectivity index (χ1) is 8.72. The van der Waals surface area contributed by atoms with Crippen molar-refractivity contribution in [3.05, 3.63) is 34.7 Å². The third-order valence-electron chi connectivity index (χ3n) is 2.69. The van der Waals surface area contributed by atoms with Crippen molar-refractivity contribution >= 4 is 29.3 Å². The van der Waals surface area contributed by atoms with Gasteiger partial charge in [-0.25, -0.2) is 4.79 Å². The summed E-state index contributed by atoms with van der Waals surface area (Å²) in [5, 5.41) is 2.72. The predicted octanol–water partition coefficient (Wildman–Crippen LogP) is 0.216. The smallest absolute Gasteiger partial charge is 0.326 e. The number of carbonyl (C=O) groups excluding carboxylic acids is 1. The zero-order chi connectivity index (χ0) is 13.0. The minimum Gasteiger partial charge on any atom is -0.354 e. The van der Waals surface area contributed by atoms with Gasteiger partial charge in [0.15, 0.2) is 0 Å². The topological polar surface area (TPSA) is 92.9 Å². The summed E-state index contributed by atoms with van der Waals surface area (Å²) in [4.78, 5) is 26.1. The summed E-state index contributed by atoms with van der Waals surface area (Å²) in [5.74, 6) is -0.185. The van der Waals surface area contributed by atoms with E-state index in [0.717, 1.165) is 17.5 Å². The number of nitrogens with zero attached hydrogens (tertiary/aromatic N) is 1. The number of fused-ring (bicyclic) bond motifs is 1. The van der Waals surface area contributed by atoms with E-state index >= 15 is 0 Å². The standard InChI is InChI=1S/C12H16N4O2.ClH/c13-6-3-7-14-11(17)8-16-10-5-2-1-4-9(10)15-12(16)18;/h1-2,4-5H,3,6-8,13H2,(H,14,17)(H,15,18);1H.